The van der Waals surface area contributed by atoms with Gasteiger partial charge in [-0.15, -0.1) is 0 Å². The molecule has 4 rings (SSSR count). The van der Waals surface area contributed by atoms with Crippen LogP contribution in [0.25, 0.3) is 11.1 Å². The van der Waals surface area contributed by atoms with E-state index in [9.17, 15) is 0 Å². The van der Waals surface area contributed by atoms with E-state index in [0.717, 1.165) is 24.2 Å². The number of benzene rings is 2. The van der Waals surface area contributed by atoms with Crippen LogP contribution in [0.15, 0.2) is 73.3 Å². The van der Waals surface area contributed by atoms with Crippen molar-refractivity contribution in [2.24, 2.45) is 0 Å². The summed E-state index contributed by atoms with van der Waals surface area (Å²) >= 11 is 0. The smallest absolute Gasteiger partial charge is 0.0659 e. The SMILES string of the molecule is CC(C)c1ccc(Cn2cc(-c3cnn(Cc4ccc(C(C)C)cc4)c3)cn2)cc1. The number of hydrogen-bond acceptors (Lipinski definition) is 2. The molecule has 4 aromatic rings. The van der Waals surface area contributed by atoms with Crippen molar-refractivity contribution in [3.63, 3.8) is 0 Å². The average Bonchev–Trinajstić information content (AvgIpc) is 3.38. The van der Waals surface area contributed by atoms with Crippen molar-refractivity contribution in [1.82, 2.24) is 19.6 Å². The van der Waals surface area contributed by atoms with Gasteiger partial charge in [0.1, 0.15) is 0 Å². The standard InChI is InChI=1S/C26H30N4/c1-19(2)23-9-5-21(6-10-23)15-29-17-25(13-27-29)26-14-28-30(18-26)16-22-7-11-24(12-8-22)20(3)4/h5-14,17-20H,15-16H2,1-4H3. The van der Waals surface area contributed by atoms with Gasteiger partial charge in [0, 0.05) is 23.5 Å². The molecule has 0 saturated heterocycles. The highest BCUT2D eigenvalue weighted by molar-refractivity contribution is 5.59. The molecule has 30 heavy (non-hydrogen) atoms. The van der Waals surface area contributed by atoms with Crippen molar-refractivity contribution in [1.29, 1.82) is 0 Å². The molecular weight excluding hydrogens is 368 g/mol. The maximum atomic E-state index is 4.54. The minimum atomic E-state index is 0.556. The highest BCUT2D eigenvalue weighted by Gasteiger charge is 2.07. The van der Waals surface area contributed by atoms with Crippen LogP contribution in [-0.2, 0) is 13.1 Å². The van der Waals surface area contributed by atoms with E-state index >= 15 is 0 Å². The number of nitrogens with zero attached hydrogens (tertiary/aromatic N) is 4. The first-order chi connectivity index (χ1) is 14.5. The molecule has 0 saturated carbocycles. The van der Waals surface area contributed by atoms with Crippen LogP contribution in [0.5, 0.6) is 0 Å². The van der Waals surface area contributed by atoms with Gasteiger partial charge in [-0.1, -0.05) is 76.2 Å². The van der Waals surface area contributed by atoms with Crippen LogP contribution in [0.4, 0.5) is 0 Å². The second-order valence-corrected chi connectivity index (χ2v) is 8.65. The van der Waals surface area contributed by atoms with Gasteiger partial charge in [0.25, 0.3) is 0 Å². The predicted octanol–water partition coefficient (Wildman–Crippen LogP) is 6.09. The number of aromatic nitrogens is 4. The van der Waals surface area contributed by atoms with Crippen molar-refractivity contribution in [2.75, 3.05) is 0 Å². The van der Waals surface area contributed by atoms with Gasteiger partial charge in [-0.05, 0) is 34.1 Å². The van der Waals surface area contributed by atoms with Crippen LogP contribution in [0.1, 0.15) is 61.8 Å². The Morgan fingerprint density at radius 1 is 0.600 bits per heavy atom. The summed E-state index contributed by atoms with van der Waals surface area (Å²) in [5.41, 5.74) is 7.44. The molecule has 0 atom stereocenters. The van der Waals surface area contributed by atoms with E-state index in [1.54, 1.807) is 0 Å². The fraction of sp³-hybridized carbons (Fsp3) is 0.308. The quantitative estimate of drug-likeness (QED) is 0.378. The first-order valence-electron chi connectivity index (χ1n) is 10.7. The summed E-state index contributed by atoms with van der Waals surface area (Å²) in [6.07, 6.45) is 8.02. The Hall–Kier alpha value is -3.14. The van der Waals surface area contributed by atoms with E-state index in [1.165, 1.54) is 22.3 Å². The lowest BCUT2D eigenvalue weighted by Gasteiger charge is -2.07. The van der Waals surface area contributed by atoms with E-state index in [0.29, 0.717) is 11.8 Å². The molecular formula is C26H30N4. The molecule has 0 aliphatic heterocycles. The molecule has 0 spiro atoms. The van der Waals surface area contributed by atoms with E-state index < -0.39 is 0 Å². The van der Waals surface area contributed by atoms with Gasteiger partial charge >= 0.3 is 0 Å². The maximum absolute atomic E-state index is 4.54. The number of hydrogen-bond donors (Lipinski definition) is 0. The highest BCUT2D eigenvalue weighted by atomic mass is 15.3. The molecule has 2 heterocycles. The van der Waals surface area contributed by atoms with Gasteiger partial charge in [0.05, 0.1) is 25.5 Å². The van der Waals surface area contributed by atoms with Crippen molar-refractivity contribution >= 4 is 0 Å². The lowest BCUT2D eigenvalue weighted by Crippen LogP contribution is -2.00. The lowest BCUT2D eigenvalue weighted by molar-refractivity contribution is 0.686. The van der Waals surface area contributed by atoms with Gasteiger partial charge in [-0.25, -0.2) is 0 Å². The molecule has 0 radical (unpaired) electrons. The second kappa shape index (κ2) is 8.70. The van der Waals surface area contributed by atoms with E-state index in [1.807, 2.05) is 21.8 Å². The molecule has 0 aliphatic carbocycles. The largest absolute Gasteiger partial charge is 0.268 e. The Morgan fingerprint density at radius 2 is 0.967 bits per heavy atom. The molecule has 0 bridgehead atoms. The normalized spacial score (nSPS) is 11.5. The maximum Gasteiger partial charge on any atom is 0.0659 e. The molecule has 4 nitrogen and oxygen atoms in total. The Labute approximate surface area is 179 Å². The summed E-state index contributed by atoms with van der Waals surface area (Å²) in [4.78, 5) is 0. The van der Waals surface area contributed by atoms with Crippen molar-refractivity contribution in [3.8, 4) is 11.1 Å². The van der Waals surface area contributed by atoms with Gasteiger partial charge in [0.15, 0.2) is 0 Å². The predicted molar refractivity (Wildman–Crippen MR) is 123 cm³/mol. The van der Waals surface area contributed by atoms with Gasteiger partial charge < -0.3 is 0 Å². The van der Waals surface area contributed by atoms with Crippen molar-refractivity contribution < 1.29 is 0 Å². The fourth-order valence-corrected chi connectivity index (χ4v) is 3.59. The van der Waals surface area contributed by atoms with Crippen LogP contribution in [0.2, 0.25) is 0 Å². The first kappa shape index (κ1) is 20.1. The second-order valence-electron chi connectivity index (χ2n) is 8.65. The fourth-order valence-electron chi connectivity index (χ4n) is 3.59. The first-order valence-corrected chi connectivity index (χ1v) is 10.7. The third kappa shape index (κ3) is 4.70. The van der Waals surface area contributed by atoms with Gasteiger partial charge in [0.2, 0.25) is 0 Å². The van der Waals surface area contributed by atoms with Gasteiger partial charge in [-0.2, -0.15) is 10.2 Å². The molecule has 0 amide bonds. The molecule has 0 unspecified atom stereocenters. The Bertz CT molecular complexity index is 993. The third-order valence-electron chi connectivity index (χ3n) is 5.58. The summed E-state index contributed by atoms with van der Waals surface area (Å²) in [6.45, 7) is 10.4. The monoisotopic (exact) mass is 398 g/mol. The Morgan fingerprint density at radius 3 is 1.30 bits per heavy atom. The molecule has 154 valence electrons. The minimum absolute atomic E-state index is 0.556. The Kier molecular flexibility index (Phi) is 5.84. The van der Waals surface area contributed by atoms with Crippen LogP contribution in [0.3, 0.4) is 0 Å². The summed E-state index contributed by atoms with van der Waals surface area (Å²) in [5, 5.41) is 9.09. The third-order valence-corrected chi connectivity index (χ3v) is 5.58. The van der Waals surface area contributed by atoms with Crippen LogP contribution in [-0.4, -0.2) is 19.6 Å². The average molecular weight is 399 g/mol. The topological polar surface area (TPSA) is 35.6 Å². The molecule has 0 fully saturated rings. The van der Waals surface area contributed by atoms with Crippen LogP contribution >= 0.6 is 0 Å². The van der Waals surface area contributed by atoms with Crippen LogP contribution < -0.4 is 0 Å². The zero-order chi connectivity index (χ0) is 21.1. The molecule has 0 aliphatic rings. The molecule has 2 aromatic heterocycles. The van der Waals surface area contributed by atoms with Gasteiger partial charge in [-0.3, -0.25) is 9.36 Å². The summed E-state index contributed by atoms with van der Waals surface area (Å²) in [6, 6.07) is 17.6. The molecule has 2 aromatic carbocycles. The molecule has 0 N–H and O–H groups in total. The summed E-state index contributed by atoms with van der Waals surface area (Å²) in [5.74, 6) is 1.11. The summed E-state index contributed by atoms with van der Waals surface area (Å²) < 4.78 is 3.98. The van der Waals surface area contributed by atoms with Crippen molar-refractivity contribution in [2.45, 2.75) is 52.6 Å². The van der Waals surface area contributed by atoms with Crippen molar-refractivity contribution in [3.05, 3.63) is 95.6 Å². The zero-order valence-corrected chi connectivity index (χ0v) is 18.3. The van der Waals surface area contributed by atoms with E-state index in [4.69, 9.17) is 0 Å². The minimum Gasteiger partial charge on any atom is -0.268 e. The number of rotatable bonds is 7. The molecule has 4 heteroatoms. The van der Waals surface area contributed by atoms with Crippen LogP contribution in [0, 0.1) is 0 Å². The van der Waals surface area contributed by atoms with E-state index in [-0.39, 0.29) is 0 Å². The lowest BCUT2D eigenvalue weighted by atomic mass is 10.0. The van der Waals surface area contributed by atoms with E-state index in [2.05, 4.69) is 98.8 Å². The summed E-state index contributed by atoms with van der Waals surface area (Å²) in [7, 11) is 0. The zero-order valence-electron chi connectivity index (χ0n) is 18.3. The highest BCUT2D eigenvalue weighted by Crippen LogP contribution is 2.20. The Balaban J connectivity index is 1.42.